The molecule has 0 aliphatic rings. The first kappa shape index (κ1) is 19.7. The van der Waals surface area contributed by atoms with Gasteiger partial charge in [0, 0.05) is 11.1 Å². The number of benzene rings is 1. The molecule has 0 bridgehead atoms. The van der Waals surface area contributed by atoms with Crippen molar-refractivity contribution in [3.63, 3.8) is 0 Å². The van der Waals surface area contributed by atoms with Crippen LogP contribution in [0.2, 0.25) is 0 Å². The number of hydrazone groups is 1. The third-order valence-electron chi connectivity index (χ3n) is 3.78. The van der Waals surface area contributed by atoms with Gasteiger partial charge in [-0.2, -0.15) is 5.10 Å². The van der Waals surface area contributed by atoms with Gasteiger partial charge in [0.25, 0.3) is 15.9 Å². The Morgan fingerprint density at radius 1 is 1.14 bits per heavy atom. The summed E-state index contributed by atoms with van der Waals surface area (Å²) in [6.07, 6.45) is 2.93. The van der Waals surface area contributed by atoms with E-state index < -0.39 is 22.5 Å². The van der Waals surface area contributed by atoms with E-state index in [0.29, 0.717) is 11.4 Å². The lowest BCUT2D eigenvalue weighted by Crippen LogP contribution is -2.39. The average molecular weight is 415 g/mol. The number of sulfonamides is 1. The molecule has 7 nitrogen and oxygen atoms in total. The maximum absolute atomic E-state index is 13.1. The van der Waals surface area contributed by atoms with Gasteiger partial charge in [0.05, 0.1) is 22.5 Å². The number of aromatic nitrogens is 1. The second-order valence-electron chi connectivity index (χ2n) is 5.75. The normalized spacial score (nSPS) is 11.8. The third-order valence-corrected chi connectivity index (χ3v) is 6.55. The number of pyridine rings is 1. The van der Waals surface area contributed by atoms with Crippen LogP contribution in [0, 0.1) is 0 Å². The van der Waals surface area contributed by atoms with E-state index in [2.05, 4.69) is 15.5 Å². The van der Waals surface area contributed by atoms with E-state index in [1.807, 2.05) is 17.5 Å². The predicted molar refractivity (Wildman–Crippen MR) is 110 cm³/mol. The van der Waals surface area contributed by atoms with Crippen LogP contribution in [0.4, 0.5) is 5.69 Å². The summed E-state index contributed by atoms with van der Waals surface area (Å²) in [5.41, 5.74) is 3.36. The van der Waals surface area contributed by atoms with Gasteiger partial charge in [-0.1, -0.05) is 24.3 Å². The number of rotatable bonds is 7. The van der Waals surface area contributed by atoms with Gasteiger partial charge in [-0.05, 0) is 42.6 Å². The molecule has 144 valence electrons. The molecule has 0 atom stereocenters. The van der Waals surface area contributed by atoms with Crippen LogP contribution in [-0.2, 0) is 14.8 Å². The van der Waals surface area contributed by atoms with Crippen molar-refractivity contribution in [2.45, 2.75) is 11.8 Å². The molecule has 0 radical (unpaired) electrons. The highest BCUT2D eigenvalue weighted by molar-refractivity contribution is 7.92. The standard InChI is InChI=1S/C19H18N4O3S2/c1-15(18-10-6-12-27-18)21-22-19(24)14-23(16-7-5-11-20-13-16)28(25,26)17-8-3-2-4-9-17/h2-13H,14H2,1H3,(H,22,24)/b21-15-. The molecule has 3 rings (SSSR count). The predicted octanol–water partition coefficient (Wildman–Crippen LogP) is 2.88. The Labute approximate surface area is 167 Å². The van der Waals surface area contributed by atoms with Crippen LogP contribution in [0.5, 0.6) is 0 Å². The highest BCUT2D eigenvalue weighted by atomic mass is 32.2. The highest BCUT2D eigenvalue weighted by Gasteiger charge is 2.27. The molecule has 0 saturated heterocycles. The minimum absolute atomic E-state index is 0.0879. The zero-order valence-corrected chi connectivity index (χ0v) is 16.7. The van der Waals surface area contributed by atoms with E-state index >= 15 is 0 Å². The number of thiophene rings is 1. The van der Waals surface area contributed by atoms with Crippen molar-refractivity contribution in [1.29, 1.82) is 0 Å². The molecule has 1 amide bonds. The lowest BCUT2D eigenvalue weighted by atomic mass is 10.3. The first-order chi connectivity index (χ1) is 13.5. The van der Waals surface area contributed by atoms with E-state index in [1.165, 1.54) is 35.9 Å². The van der Waals surface area contributed by atoms with Crippen LogP contribution in [0.25, 0.3) is 0 Å². The molecule has 0 aliphatic heterocycles. The molecule has 0 spiro atoms. The lowest BCUT2D eigenvalue weighted by molar-refractivity contribution is -0.119. The van der Waals surface area contributed by atoms with Crippen molar-refractivity contribution in [2.75, 3.05) is 10.8 Å². The van der Waals surface area contributed by atoms with Crippen LogP contribution in [0.15, 0.2) is 82.4 Å². The minimum atomic E-state index is -3.94. The fourth-order valence-electron chi connectivity index (χ4n) is 2.39. The number of carbonyl (C=O) groups excluding carboxylic acids is 1. The molecule has 3 aromatic rings. The van der Waals surface area contributed by atoms with E-state index in [0.717, 1.165) is 9.18 Å². The number of nitrogens with one attached hydrogen (secondary N) is 1. The summed E-state index contributed by atoms with van der Waals surface area (Å²) in [4.78, 5) is 17.4. The summed E-state index contributed by atoms with van der Waals surface area (Å²) < 4.78 is 27.2. The smallest absolute Gasteiger partial charge is 0.264 e. The molecule has 0 saturated carbocycles. The second kappa shape index (κ2) is 8.77. The molecule has 1 aromatic carbocycles. The van der Waals surface area contributed by atoms with Gasteiger partial charge < -0.3 is 0 Å². The Hall–Kier alpha value is -3.04. The van der Waals surface area contributed by atoms with Crippen molar-refractivity contribution in [1.82, 2.24) is 10.4 Å². The molecule has 0 aliphatic carbocycles. The Balaban J connectivity index is 1.84. The maximum atomic E-state index is 13.1. The molecule has 28 heavy (non-hydrogen) atoms. The first-order valence-corrected chi connectivity index (χ1v) is 10.7. The van der Waals surface area contributed by atoms with Crippen LogP contribution >= 0.6 is 11.3 Å². The molecular weight excluding hydrogens is 396 g/mol. The minimum Gasteiger partial charge on any atom is -0.271 e. The zero-order chi connectivity index (χ0) is 20.0. The molecule has 0 fully saturated rings. The quantitative estimate of drug-likeness (QED) is 0.475. The Morgan fingerprint density at radius 3 is 2.57 bits per heavy atom. The fraction of sp³-hybridized carbons (Fsp3) is 0.105. The van der Waals surface area contributed by atoms with Crippen LogP contribution in [0.3, 0.4) is 0 Å². The summed E-state index contributed by atoms with van der Waals surface area (Å²) in [6.45, 7) is 1.34. The number of hydrogen-bond acceptors (Lipinski definition) is 6. The summed E-state index contributed by atoms with van der Waals surface area (Å²) in [6, 6.07) is 14.9. The van der Waals surface area contributed by atoms with E-state index in [4.69, 9.17) is 0 Å². The van der Waals surface area contributed by atoms with Gasteiger partial charge in [-0.15, -0.1) is 11.3 Å². The number of anilines is 1. The Kier molecular flexibility index (Phi) is 6.17. The van der Waals surface area contributed by atoms with Gasteiger partial charge in [-0.3, -0.25) is 14.1 Å². The molecular formula is C19H18N4O3S2. The number of amides is 1. The largest absolute Gasteiger partial charge is 0.271 e. The van der Waals surface area contributed by atoms with Gasteiger partial charge in [-0.25, -0.2) is 13.8 Å². The Bertz CT molecular complexity index is 1050. The van der Waals surface area contributed by atoms with E-state index in [9.17, 15) is 13.2 Å². The molecule has 2 heterocycles. The van der Waals surface area contributed by atoms with Gasteiger partial charge in [0.1, 0.15) is 6.54 Å². The lowest BCUT2D eigenvalue weighted by Gasteiger charge is -2.23. The second-order valence-corrected chi connectivity index (χ2v) is 8.56. The van der Waals surface area contributed by atoms with Gasteiger partial charge in [0.2, 0.25) is 0 Å². The molecule has 1 N–H and O–H groups in total. The molecule has 0 unspecified atom stereocenters. The average Bonchev–Trinajstić information content (AvgIpc) is 3.26. The summed E-state index contributed by atoms with van der Waals surface area (Å²) in [5, 5.41) is 5.97. The highest BCUT2D eigenvalue weighted by Crippen LogP contribution is 2.22. The van der Waals surface area contributed by atoms with Crippen molar-refractivity contribution in [2.24, 2.45) is 5.10 Å². The zero-order valence-electron chi connectivity index (χ0n) is 15.0. The number of carbonyl (C=O) groups is 1. The maximum Gasteiger partial charge on any atom is 0.264 e. The van der Waals surface area contributed by atoms with Crippen molar-refractivity contribution < 1.29 is 13.2 Å². The Morgan fingerprint density at radius 2 is 1.93 bits per heavy atom. The van der Waals surface area contributed by atoms with Crippen LogP contribution in [0.1, 0.15) is 11.8 Å². The number of hydrogen-bond donors (Lipinski definition) is 1. The summed E-state index contributed by atoms with van der Waals surface area (Å²) in [5.74, 6) is -0.556. The van der Waals surface area contributed by atoms with Crippen molar-refractivity contribution >= 4 is 38.7 Å². The van der Waals surface area contributed by atoms with Crippen molar-refractivity contribution in [3.05, 3.63) is 77.2 Å². The van der Waals surface area contributed by atoms with Crippen LogP contribution < -0.4 is 9.73 Å². The number of nitrogens with zero attached hydrogens (tertiary/aromatic N) is 3. The van der Waals surface area contributed by atoms with E-state index in [1.54, 1.807) is 37.3 Å². The fourth-order valence-corrected chi connectivity index (χ4v) is 4.49. The topological polar surface area (TPSA) is 91.7 Å². The molecule has 2 aromatic heterocycles. The molecule has 9 heteroatoms. The van der Waals surface area contributed by atoms with E-state index in [-0.39, 0.29) is 4.90 Å². The third kappa shape index (κ3) is 4.62. The monoisotopic (exact) mass is 414 g/mol. The summed E-state index contributed by atoms with van der Waals surface area (Å²) >= 11 is 1.50. The van der Waals surface area contributed by atoms with Crippen molar-refractivity contribution in [3.8, 4) is 0 Å². The first-order valence-electron chi connectivity index (χ1n) is 8.33. The van der Waals surface area contributed by atoms with Gasteiger partial charge in [0.15, 0.2) is 0 Å². The van der Waals surface area contributed by atoms with Gasteiger partial charge >= 0.3 is 0 Å². The van der Waals surface area contributed by atoms with Crippen LogP contribution in [-0.4, -0.2) is 31.6 Å². The SMILES string of the molecule is C/C(=N/NC(=O)CN(c1cccnc1)S(=O)(=O)c1ccccc1)c1cccs1. The summed E-state index contributed by atoms with van der Waals surface area (Å²) in [7, 11) is -3.94.